The third-order valence-electron chi connectivity index (χ3n) is 3.28. The normalized spacial score (nSPS) is 16.6. The lowest BCUT2D eigenvalue weighted by Gasteiger charge is -2.25. The van der Waals surface area contributed by atoms with Crippen LogP contribution < -0.4 is 5.73 Å². The number of hydrogen-bond acceptors (Lipinski definition) is 4. The molecule has 0 aliphatic heterocycles. The van der Waals surface area contributed by atoms with Crippen molar-refractivity contribution in [2.24, 2.45) is 12.8 Å². The van der Waals surface area contributed by atoms with E-state index in [-0.39, 0.29) is 12.5 Å². The Balaban J connectivity index is 2.09. The number of amides is 1. The summed E-state index contributed by atoms with van der Waals surface area (Å²) in [5, 5.41) is 0. The molecule has 1 saturated carbocycles. The first-order valence-electron chi connectivity index (χ1n) is 6.17. The topological polar surface area (TPSA) is 73.4 Å². The van der Waals surface area contributed by atoms with Crippen LogP contribution in [0.25, 0.3) is 0 Å². The van der Waals surface area contributed by atoms with Crippen LogP contribution in [-0.2, 0) is 23.1 Å². The summed E-state index contributed by atoms with van der Waals surface area (Å²) in [6.45, 7) is 0.728. The molecule has 1 fully saturated rings. The highest BCUT2D eigenvalue weighted by Crippen LogP contribution is 2.28. The van der Waals surface area contributed by atoms with Crippen molar-refractivity contribution in [2.75, 3.05) is 13.7 Å². The van der Waals surface area contributed by atoms with E-state index >= 15 is 0 Å². The van der Waals surface area contributed by atoms with E-state index in [2.05, 4.69) is 4.98 Å². The van der Waals surface area contributed by atoms with Gasteiger partial charge in [0.05, 0.1) is 6.54 Å². The summed E-state index contributed by atoms with van der Waals surface area (Å²) >= 11 is 0. The van der Waals surface area contributed by atoms with Gasteiger partial charge in [0.1, 0.15) is 11.9 Å². The number of carbonyl (C=O) groups is 1. The third-order valence-corrected chi connectivity index (χ3v) is 3.28. The number of carbonyl (C=O) groups excluding carboxylic acids is 1. The summed E-state index contributed by atoms with van der Waals surface area (Å²) in [6, 6.07) is 0.318. The molecule has 0 radical (unpaired) electrons. The molecule has 1 aromatic rings. The Morgan fingerprint density at radius 1 is 1.72 bits per heavy atom. The molecule has 0 aromatic carbocycles. The summed E-state index contributed by atoms with van der Waals surface area (Å²) in [5.74, 6) is 0.840. The Kier molecular flexibility index (Phi) is 3.98. The average Bonchev–Trinajstić information content (AvgIpc) is 3.12. The maximum atomic E-state index is 12.3. The van der Waals surface area contributed by atoms with Gasteiger partial charge in [0.15, 0.2) is 0 Å². The van der Waals surface area contributed by atoms with Crippen molar-refractivity contribution < 1.29 is 9.53 Å². The van der Waals surface area contributed by atoms with Crippen molar-refractivity contribution in [1.29, 1.82) is 0 Å². The summed E-state index contributed by atoms with van der Waals surface area (Å²) in [5.41, 5.74) is 5.55. The van der Waals surface area contributed by atoms with Gasteiger partial charge in [-0.1, -0.05) is 0 Å². The van der Waals surface area contributed by atoms with Crippen molar-refractivity contribution >= 4 is 5.91 Å². The number of aromatic nitrogens is 2. The largest absolute Gasteiger partial charge is 0.370 e. The van der Waals surface area contributed by atoms with Crippen LogP contribution in [0.4, 0.5) is 0 Å². The molecule has 6 nitrogen and oxygen atoms in total. The monoisotopic (exact) mass is 252 g/mol. The molecule has 2 rings (SSSR count). The van der Waals surface area contributed by atoms with Gasteiger partial charge < -0.3 is 19.9 Å². The second-order valence-electron chi connectivity index (χ2n) is 4.61. The number of nitrogens with zero attached hydrogens (tertiary/aromatic N) is 3. The van der Waals surface area contributed by atoms with Crippen molar-refractivity contribution in [2.45, 2.75) is 31.5 Å². The lowest BCUT2D eigenvalue weighted by Crippen LogP contribution is -2.44. The molecule has 1 heterocycles. The van der Waals surface area contributed by atoms with E-state index in [4.69, 9.17) is 10.5 Å². The molecule has 1 aliphatic rings. The molecule has 6 heteroatoms. The van der Waals surface area contributed by atoms with Gasteiger partial charge in [-0.15, -0.1) is 0 Å². The van der Waals surface area contributed by atoms with Gasteiger partial charge in [-0.05, 0) is 12.8 Å². The van der Waals surface area contributed by atoms with Gasteiger partial charge >= 0.3 is 0 Å². The summed E-state index contributed by atoms with van der Waals surface area (Å²) in [7, 11) is 3.44. The van der Waals surface area contributed by atoms with Crippen molar-refractivity contribution in [3.05, 3.63) is 18.2 Å². The molecule has 2 N–H and O–H groups in total. The molecular weight excluding hydrogens is 232 g/mol. The maximum Gasteiger partial charge on any atom is 0.253 e. The fraction of sp³-hybridized carbons (Fsp3) is 0.667. The Labute approximate surface area is 107 Å². The second-order valence-corrected chi connectivity index (χ2v) is 4.61. The molecule has 1 aliphatic carbocycles. The Morgan fingerprint density at radius 3 is 2.89 bits per heavy atom. The fourth-order valence-corrected chi connectivity index (χ4v) is 1.96. The van der Waals surface area contributed by atoms with Gasteiger partial charge in [0.2, 0.25) is 0 Å². The predicted octanol–water partition coefficient (Wildman–Crippen LogP) is -0.115. The number of rotatable bonds is 6. The first-order chi connectivity index (χ1) is 8.67. The van der Waals surface area contributed by atoms with E-state index in [0.29, 0.717) is 12.6 Å². The minimum Gasteiger partial charge on any atom is -0.370 e. The van der Waals surface area contributed by atoms with Crippen LogP contribution in [-0.4, -0.2) is 46.2 Å². The molecule has 0 saturated heterocycles. The molecule has 1 amide bonds. The SMILES string of the molecule is COC(CN)C(=O)N(Cc1nccn1C)C1CC1. The quantitative estimate of drug-likeness (QED) is 0.766. The predicted molar refractivity (Wildman–Crippen MR) is 66.6 cm³/mol. The van der Waals surface area contributed by atoms with Crippen LogP contribution in [0.2, 0.25) is 0 Å². The molecule has 1 atom stereocenters. The number of ether oxygens (including phenoxy) is 1. The second kappa shape index (κ2) is 5.49. The van der Waals surface area contributed by atoms with Crippen molar-refractivity contribution in [3.8, 4) is 0 Å². The molecule has 0 bridgehead atoms. The van der Waals surface area contributed by atoms with E-state index in [9.17, 15) is 4.79 Å². The highest BCUT2D eigenvalue weighted by Gasteiger charge is 2.36. The van der Waals surface area contributed by atoms with Gasteiger partial charge in [0, 0.05) is 39.1 Å². The van der Waals surface area contributed by atoms with Crippen molar-refractivity contribution in [1.82, 2.24) is 14.5 Å². The zero-order chi connectivity index (χ0) is 13.1. The lowest BCUT2D eigenvalue weighted by molar-refractivity contribution is -0.142. The van der Waals surface area contributed by atoms with Crippen LogP contribution in [0, 0.1) is 0 Å². The van der Waals surface area contributed by atoms with E-state index in [1.54, 1.807) is 6.20 Å². The van der Waals surface area contributed by atoms with Crippen molar-refractivity contribution in [3.63, 3.8) is 0 Å². The van der Waals surface area contributed by atoms with Gasteiger partial charge in [-0.25, -0.2) is 4.98 Å². The van der Waals surface area contributed by atoms with E-state index in [0.717, 1.165) is 18.7 Å². The maximum absolute atomic E-state index is 12.3. The number of nitrogens with two attached hydrogens (primary N) is 1. The number of methoxy groups -OCH3 is 1. The minimum absolute atomic E-state index is 0.0366. The Morgan fingerprint density at radius 2 is 2.44 bits per heavy atom. The molecular formula is C12H20N4O2. The molecule has 1 aromatic heterocycles. The zero-order valence-electron chi connectivity index (χ0n) is 10.9. The van der Waals surface area contributed by atoms with Crippen LogP contribution in [0.3, 0.4) is 0 Å². The Hall–Kier alpha value is -1.40. The van der Waals surface area contributed by atoms with E-state index in [1.165, 1.54) is 7.11 Å². The molecule has 0 spiro atoms. The summed E-state index contributed by atoms with van der Waals surface area (Å²) < 4.78 is 7.05. The van der Waals surface area contributed by atoms with Gasteiger partial charge in [0.25, 0.3) is 5.91 Å². The van der Waals surface area contributed by atoms with E-state index in [1.807, 2.05) is 22.7 Å². The van der Waals surface area contributed by atoms with Gasteiger partial charge in [-0.3, -0.25) is 4.79 Å². The van der Waals surface area contributed by atoms with Crippen LogP contribution in [0.5, 0.6) is 0 Å². The van der Waals surface area contributed by atoms with E-state index < -0.39 is 6.10 Å². The first kappa shape index (κ1) is 13.0. The standard InChI is InChI=1S/C12H20N4O2/c1-15-6-5-14-11(15)8-16(9-3-4-9)12(17)10(7-13)18-2/h5-6,9-10H,3-4,7-8,13H2,1-2H3. The number of aryl methyl sites for hydroxylation is 1. The average molecular weight is 252 g/mol. The Bertz CT molecular complexity index is 410. The number of imidazole rings is 1. The summed E-state index contributed by atoms with van der Waals surface area (Å²) in [6.07, 6.45) is 5.17. The van der Waals surface area contributed by atoms with Crippen LogP contribution >= 0.6 is 0 Å². The van der Waals surface area contributed by atoms with Crippen LogP contribution in [0.1, 0.15) is 18.7 Å². The lowest BCUT2D eigenvalue weighted by atomic mass is 10.3. The molecule has 18 heavy (non-hydrogen) atoms. The molecule has 1 unspecified atom stereocenters. The minimum atomic E-state index is -0.550. The highest BCUT2D eigenvalue weighted by atomic mass is 16.5. The summed E-state index contributed by atoms with van der Waals surface area (Å²) in [4.78, 5) is 18.4. The number of hydrogen-bond donors (Lipinski definition) is 1. The van der Waals surface area contributed by atoms with Crippen LogP contribution in [0.15, 0.2) is 12.4 Å². The fourth-order valence-electron chi connectivity index (χ4n) is 1.96. The van der Waals surface area contributed by atoms with Gasteiger partial charge in [-0.2, -0.15) is 0 Å². The molecule has 100 valence electrons. The first-order valence-corrected chi connectivity index (χ1v) is 6.17. The third kappa shape index (κ3) is 2.70. The smallest absolute Gasteiger partial charge is 0.253 e. The zero-order valence-corrected chi connectivity index (χ0v) is 10.9. The highest BCUT2D eigenvalue weighted by molar-refractivity contribution is 5.81.